The average molecular weight is 383 g/mol. The van der Waals surface area contributed by atoms with E-state index >= 15 is 0 Å². The van der Waals surface area contributed by atoms with Gasteiger partial charge >= 0.3 is 0 Å². The van der Waals surface area contributed by atoms with E-state index in [0.717, 1.165) is 47.7 Å². The number of hydrogen-bond acceptors (Lipinski definition) is 3. The summed E-state index contributed by atoms with van der Waals surface area (Å²) in [5.74, 6) is 0.400. The summed E-state index contributed by atoms with van der Waals surface area (Å²) in [5.41, 5.74) is 5.28. The first-order chi connectivity index (χ1) is 14.3. The lowest BCUT2D eigenvalue weighted by Crippen LogP contribution is -2.27. The van der Waals surface area contributed by atoms with Crippen LogP contribution in [0.2, 0.25) is 0 Å². The molecule has 1 aliphatic heterocycles. The van der Waals surface area contributed by atoms with Crippen molar-refractivity contribution in [1.82, 2.24) is 15.3 Å². The van der Waals surface area contributed by atoms with Crippen molar-refractivity contribution in [1.29, 1.82) is 0 Å². The summed E-state index contributed by atoms with van der Waals surface area (Å²) in [4.78, 5) is 1.10. The molecule has 4 aromatic rings. The van der Waals surface area contributed by atoms with Crippen LogP contribution in [0.15, 0.2) is 72.8 Å². The Kier molecular flexibility index (Phi) is 4.78. The summed E-state index contributed by atoms with van der Waals surface area (Å²) in [6.45, 7) is 2.01. The molecular weight excluding hydrogens is 358 g/mol. The number of hydrogen-bond donors (Lipinski definition) is 2. The molecule has 29 heavy (non-hydrogen) atoms. The highest BCUT2D eigenvalue weighted by molar-refractivity contribution is 5.86. The van der Waals surface area contributed by atoms with Crippen molar-refractivity contribution >= 4 is 10.8 Å². The van der Waals surface area contributed by atoms with Gasteiger partial charge in [-0.2, -0.15) is 0 Å². The van der Waals surface area contributed by atoms with Crippen LogP contribution in [0.4, 0.5) is 0 Å². The Balaban J connectivity index is 1.64. The molecule has 1 fully saturated rings. The second-order valence-electron chi connectivity index (χ2n) is 7.80. The number of fused-ring (bicyclic) bond motifs is 1. The molecule has 0 amide bonds. The van der Waals surface area contributed by atoms with Crippen LogP contribution in [0.3, 0.4) is 0 Å². The van der Waals surface area contributed by atoms with Crippen molar-refractivity contribution < 1.29 is 5.21 Å². The molecule has 2 heterocycles. The number of piperidine rings is 1. The minimum absolute atomic E-state index is 0.400. The summed E-state index contributed by atoms with van der Waals surface area (Å²) in [6, 6.07) is 25.0. The number of aromatic nitrogens is 2. The molecule has 5 rings (SSSR count). The molecule has 3 aromatic carbocycles. The van der Waals surface area contributed by atoms with Gasteiger partial charge in [0.1, 0.15) is 5.69 Å². The highest BCUT2D eigenvalue weighted by atomic mass is 16.5. The topological polar surface area (TPSA) is 50.1 Å². The van der Waals surface area contributed by atoms with Gasteiger partial charge in [-0.15, -0.1) is 9.94 Å². The van der Waals surface area contributed by atoms with Crippen molar-refractivity contribution in [2.24, 2.45) is 0 Å². The van der Waals surface area contributed by atoms with Crippen LogP contribution < -0.4 is 5.32 Å². The lowest BCUT2D eigenvalue weighted by Gasteiger charge is -2.24. The largest absolute Gasteiger partial charge is 0.411 e. The van der Waals surface area contributed by atoms with E-state index in [1.165, 1.54) is 21.9 Å². The molecule has 0 unspecified atom stereocenters. The lowest BCUT2D eigenvalue weighted by molar-refractivity contribution is 0.152. The normalized spacial score (nSPS) is 15.0. The summed E-state index contributed by atoms with van der Waals surface area (Å²) < 4.78 is 0. The zero-order valence-electron chi connectivity index (χ0n) is 16.4. The molecule has 0 atom stereocenters. The first-order valence-corrected chi connectivity index (χ1v) is 10.3. The molecule has 0 bridgehead atoms. The minimum Gasteiger partial charge on any atom is -0.411 e. The highest BCUT2D eigenvalue weighted by Crippen LogP contribution is 2.37. The SMILES string of the molecule is On1nc(Cc2cccc3ccccc23)c(C2CCNCC2)c1-c1ccccc1. The van der Waals surface area contributed by atoms with Gasteiger partial charge in [-0.1, -0.05) is 72.8 Å². The zero-order valence-corrected chi connectivity index (χ0v) is 16.4. The van der Waals surface area contributed by atoms with E-state index in [1.807, 2.05) is 18.2 Å². The monoisotopic (exact) mass is 383 g/mol. The van der Waals surface area contributed by atoms with Gasteiger partial charge in [-0.05, 0) is 48.2 Å². The molecule has 0 spiro atoms. The molecule has 1 aromatic heterocycles. The van der Waals surface area contributed by atoms with Crippen LogP contribution in [-0.4, -0.2) is 28.2 Å². The zero-order chi connectivity index (χ0) is 19.6. The van der Waals surface area contributed by atoms with Gasteiger partial charge in [0.05, 0.1) is 5.69 Å². The lowest BCUT2D eigenvalue weighted by atomic mass is 9.85. The molecule has 1 saturated heterocycles. The smallest absolute Gasteiger partial charge is 0.113 e. The van der Waals surface area contributed by atoms with Crippen LogP contribution in [-0.2, 0) is 6.42 Å². The second-order valence-corrected chi connectivity index (χ2v) is 7.80. The van der Waals surface area contributed by atoms with E-state index in [9.17, 15) is 5.21 Å². The first-order valence-electron chi connectivity index (χ1n) is 10.3. The number of nitrogens with one attached hydrogen (secondary N) is 1. The van der Waals surface area contributed by atoms with Crippen molar-refractivity contribution in [2.45, 2.75) is 25.2 Å². The van der Waals surface area contributed by atoms with Gasteiger partial charge in [0, 0.05) is 17.5 Å². The van der Waals surface area contributed by atoms with Gasteiger partial charge < -0.3 is 10.5 Å². The fraction of sp³-hybridized carbons (Fsp3) is 0.240. The van der Waals surface area contributed by atoms with Gasteiger partial charge in [-0.25, -0.2) is 0 Å². The second kappa shape index (κ2) is 7.72. The van der Waals surface area contributed by atoms with Crippen molar-refractivity contribution in [2.75, 3.05) is 13.1 Å². The molecule has 146 valence electrons. The van der Waals surface area contributed by atoms with Gasteiger partial charge in [0.25, 0.3) is 0 Å². The van der Waals surface area contributed by atoms with Crippen molar-refractivity contribution in [3.05, 3.63) is 89.6 Å². The van der Waals surface area contributed by atoms with Crippen molar-refractivity contribution in [3.8, 4) is 11.3 Å². The Morgan fingerprint density at radius 1 is 0.897 bits per heavy atom. The third-order valence-corrected chi connectivity index (χ3v) is 6.01. The Bertz CT molecular complexity index is 1120. The Hall–Kier alpha value is -3.11. The first kappa shape index (κ1) is 18.0. The quantitative estimate of drug-likeness (QED) is 0.488. The Morgan fingerprint density at radius 3 is 2.45 bits per heavy atom. The summed E-state index contributed by atoms with van der Waals surface area (Å²) in [5, 5.41) is 21.3. The van der Waals surface area contributed by atoms with Crippen LogP contribution in [0.5, 0.6) is 0 Å². The van der Waals surface area contributed by atoms with E-state index in [1.54, 1.807) is 0 Å². The molecule has 2 N–H and O–H groups in total. The van der Waals surface area contributed by atoms with E-state index < -0.39 is 0 Å². The Morgan fingerprint density at radius 2 is 1.62 bits per heavy atom. The molecule has 0 saturated carbocycles. The van der Waals surface area contributed by atoms with E-state index in [-0.39, 0.29) is 0 Å². The maximum absolute atomic E-state index is 10.8. The summed E-state index contributed by atoms with van der Waals surface area (Å²) in [6.07, 6.45) is 2.84. The summed E-state index contributed by atoms with van der Waals surface area (Å²) in [7, 11) is 0. The molecule has 1 aliphatic rings. The van der Waals surface area contributed by atoms with Crippen LogP contribution >= 0.6 is 0 Å². The molecule has 0 aliphatic carbocycles. The number of nitrogens with zero attached hydrogens (tertiary/aromatic N) is 2. The fourth-order valence-corrected chi connectivity index (χ4v) is 4.63. The third-order valence-electron chi connectivity index (χ3n) is 6.01. The average Bonchev–Trinajstić information content (AvgIpc) is 3.11. The van der Waals surface area contributed by atoms with Gasteiger partial charge in [-0.3, -0.25) is 0 Å². The van der Waals surface area contributed by atoms with Crippen LogP contribution in [0.1, 0.15) is 35.6 Å². The molecule has 0 radical (unpaired) electrons. The molecule has 4 heteroatoms. The summed E-state index contributed by atoms with van der Waals surface area (Å²) >= 11 is 0. The molecular formula is C25H25N3O. The minimum atomic E-state index is 0.400. The maximum atomic E-state index is 10.8. The van der Waals surface area contributed by atoms with Crippen molar-refractivity contribution in [3.63, 3.8) is 0 Å². The number of benzene rings is 3. The predicted octanol–water partition coefficient (Wildman–Crippen LogP) is 5.00. The standard InChI is InChI=1S/C25H25N3O/c29-28-25(20-8-2-1-3-9-20)24(19-13-15-26-16-14-19)23(27-28)17-21-11-6-10-18-7-4-5-12-22(18)21/h1-12,19,26,29H,13-17H2. The van der Waals surface area contributed by atoms with Crippen LogP contribution in [0.25, 0.3) is 22.0 Å². The van der Waals surface area contributed by atoms with Gasteiger partial charge in [0.15, 0.2) is 0 Å². The Labute approximate surface area is 170 Å². The fourth-order valence-electron chi connectivity index (χ4n) is 4.63. The highest BCUT2D eigenvalue weighted by Gasteiger charge is 2.27. The third kappa shape index (κ3) is 3.40. The predicted molar refractivity (Wildman–Crippen MR) is 116 cm³/mol. The molecule has 4 nitrogen and oxygen atoms in total. The van der Waals surface area contributed by atoms with E-state index in [2.05, 4.69) is 65.0 Å². The van der Waals surface area contributed by atoms with E-state index in [0.29, 0.717) is 12.3 Å². The van der Waals surface area contributed by atoms with Crippen LogP contribution in [0, 0.1) is 0 Å². The van der Waals surface area contributed by atoms with E-state index in [4.69, 9.17) is 0 Å². The number of rotatable bonds is 4. The maximum Gasteiger partial charge on any atom is 0.113 e. The van der Waals surface area contributed by atoms with Gasteiger partial charge in [0.2, 0.25) is 0 Å².